The molecule has 1 fully saturated rings. The molecule has 4 aromatic rings. The van der Waals surface area contributed by atoms with Gasteiger partial charge in [0.15, 0.2) is 0 Å². The Balaban J connectivity index is 1.17. The molecule has 0 unspecified atom stereocenters. The monoisotopic (exact) mass is 562 g/mol. The third-order valence-electron chi connectivity index (χ3n) is 7.29. The summed E-state index contributed by atoms with van der Waals surface area (Å²) in [5.74, 6) is 0.653. The van der Waals surface area contributed by atoms with Gasteiger partial charge in [-0.25, -0.2) is 9.18 Å². The normalized spacial score (nSPS) is 16.3. The zero-order chi connectivity index (χ0) is 28.0. The van der Waals surface area contributed by atoms with Crippen molar-refractivity contribution in [2.45, 2.75) is 45.4 Å². The maximum atomic E-state index is 13.7. The lowest BCUT2D eigenvalue weighted by Gasteiger charge is -2.39. The minimum Gasteiger partial charge on any atom is -0.490 e. The fourth-order valence-corrected chi connectivity index (χ4v) is 5.63. The number of aromatic nitrogens is 2. The van der Waals surface area contributed by atoms with Crippen LogP contribution >= 0.6 is 11.6 Å². The first kappa shape index (κ1) is 26.6. The van der Waals surface area contributed by atoms with E-state index in [1.54, 1.807) is 11.0 Å². The number of pyridine rings is 1. The number of fused-ring (bicyclic) bond motifs is 2. The fourth-order valence-electron chi connectivity index (χ4n) is 5.34. The summed E-state index contributed by atoms with van der Waals surface area (Å²) < 4.78 is 27.3. The predicted molar refractivity (Wildman–Crippen MR) is 153 cm³/mol. The van der Waals surface area contributed by atoms with E-state index in [9.17, 15) is 9.18 Å². The van der Waals surface area contributed by atoms with Crippen LogP contribution < -0.4 is 4.74 Å². The van der Waals surface area contributed by atoms with Crippen molar-refractivity contribution in [2.24, 2.45) is 0 Å². The molecule has 2 aliphatic rings. The van der Waals surface area contributed by atoms with E-state index in [1.807, 2.05) is 55.9 Å². The van der Waals surface area contributed by atoms with Gasteiger partial charge in [0.25, 0.3) is 0 Å². The van der Waals surface area contributed by atoms with Crippen LogP contribution in [0.5, 0.6) is 5.75 Å². The summed E-state index contributed by atoms with van der Waals surface area (Å²) in [6.45, 7) is 9.52. The second-order valence-corrected chi connectivity index (χ2v) is 11.9. The number of halogens is 2. The zero-order valence-electron chi connectivity index (χ0n) is 22.9. The number of benzene rings is 2. The van der Waals surface area contributed by atoms with Crippen LogP contribution in [-0.4, -0.2) is 57.3 Å². The van der Waals surface area contributed by atoms with Gasteiger partial charge < -0.3 is 18.9 Å². The maximum absolute atomic E-state index is 13.7. The summed E-state index contributed by atoms with van der Waals surface area (Å²) in [5, 5.41) is 1.39. The largest absolute Gasteiger partial charge is 0.490 e. The summed E-state index contributed by atoms with van der Waals surface area (Å²) in [5.41, 5.74) is 4.46. The molecular formula is C31H32ClFN4O3. The Morgan fingerprint density at radius 1 is 1.15 bits per heavy atom. The summed E-state index contributed by atoms with van der Waals surface area (Å²) in [4.78, 5) is 21.0. The zero-order valence-corrected chi connectivity index (χ0v) is 23.6. The lowest BCUT2D eigenvalue weighted by atomic mass is 9.95. The Morgan fingerprint density at radius 2 is 1.98 bits per heavy atom. The van der Waals surface area contributed by atoms with Gasteiger partial charge in [0.2, 0.25) is 0 Å². The minimum absolute atomic E-state index is 0.201. The SMILES string of the molecule is CC(C)(C)OC(=O)N1CC(c2cc(CN3CCOc4c(Cl)cc(-n5ccc6cc(F)ccc65)cc4C3)ccn2)C1. The Morgan fingerprint density at radius 3 is 2.77 bits per heavy atom. The van der Waals surface area contributed by atoms with Gasteiger partial charge in [-0.1, -0.05) is 11.6 Å². The van der Waals surface area contributed by atoms with Crippen LogP contribution in [0.2, 0.25) is 5.02 Å². The van der Waals surface area contributed by atoms with Crippen LogP contribution in [0, 0.1) is 5.82 Å². The molecule has 2 aliphatic heterocycles. The van der Waals surface area contributed by atoms with E-state index in [1.165, 1.54) is 12.1 Å². The Hall–Kier alpha value is -3.62. The van der Waals surface area contributed by atoms with Crippen LogP contribution in [-0.2, 0) is 17.8 Å². The van der Waals surface area contributed by atoms with E-state index in [0.29, 0.717) is 37.0 Å². The molecule has 0 atom stereocenters. The highest BCUT2D eigenvalue weighted by Crippen LogP contribution is 2.36. The Bertz CT molecular complexity index is 1570. The number of nitrogens with zero attached hydrogens (tertiary/aromatic N) is 4. The molecule has 1 amide bonds. The topological polar surface area (TPSA) is 59.8 Å². The van der Waals surface area contributed by atoms with E-state index in [2.05, 4.69) is 22.0 Å². The fraction of sp³-hybridized carbons (Fsp3) is 0.355. The molecular weight excluding hydrogens is 531 g/mol. The highest BCUT2D eigenvalue weighted by atomic mass is 35.5. The molecule has 0 bridgehead atoms. The van der Waals surface area contributed by atoms with E-state index >= 15 is 0 Å². The van der Waals surface area contributed by atoms with Crippen molar-refractivity contribution in [2.75, 3.05) is 26.2 Å². The highest BCUT2D eigenvalue weighted by molar-refractivity contribution is 6.32. The molecule has 2 aromatic carbocycles. The van der Waals surface area contributed by atoms with Gasteiger partial charge in [-0.05, 0) is 74.9 Å². The third-order valence-corrected chi connectivity index (χ3v) is 7.57. The molecule has 4 heterocycles. The number of carbonyl (C=O) groups is 1. The lowest BCUT2D eigenvalue weighted by molar-refractivity contribution is 0.00787. The molecule has 6 rings (SSSR count). The first-order chi connectivity index (χ1) is 19.1. The third kappa shape index (κ3) is 5.51. The van der Waals surface area contributed by atoms with Crippen molar-refractivity contribution in [3.63, 3.8) is 0 Å². The number of hydrogen-bond acceptors (Lipinski definition) is 5. The van der Waals surface area contributed by atoms with Crippen LogP contribution in [0.1, 0.15) is 43.5 Å². The van der Waals surface area contributed by atoms with Crippen molar-refractivity contribution in [3.05, 3.63) is 88.6 Å². The van der Waals surface area contributed by atoms with Crippen molar-refractivity contribution < 1.29 is 18.7 Å². The van der Waals surface area contributed by atoms with Gasteiger partial charge in [-0.2, -0.15) is 0 Å². The molecule has 2 aromatic heterocycles. The summed E-state index contributed by atoms with van der Waals surface area (Å²) in [6, 6.07) is 14.8. The average molecular weight is 563 g/mol. The molecule has 0 N–H and O–H groups in total. The quantitative estimate of drug-likeness (QED) is 0.282. The Labute approximate surface area is 238 Å². The van der Waals surface area contributed by atoms with Crippen molar-refractivity contribution in [1.29, 1.82) is 0 Å². The molecule has 9 heteroatoms. The minimum atomic E-state index is -0.504. The van der Waals surface area contributed by atoms with Gasteiger partial charge in [-0.15, -0.1) is 0 Å². The number of likely N-dealkylation sites (tertiary alicyclic amines) is 1. The average Bonchev–Trinajstić information content (AvgIpc) is 3.15. The number of carbonyl (C=O) groups excluding carboxylic acids is 1. The molecule has 0 radical (unpaired) electrons. The van der Waals surface area contributed by atoms with E-state index in [-0.39, 0.29) is 17.8 Å². The molecule has 0 spiro atoms. The van der Waals surface area contributed by atoms with Crippen molar-refractivity contribution in [1.82, 2.24) is 19.4 Å². The highest BCUT2D eigenvalue weighted by Gasteiger charge is 2.35. The smallest absolute Gasteiger partial charge is 0.410 e. The summed E-state index contributed by atoms with van der Waals surface area (Å²) in [7, 11) is 0. The van der Waals surface area contributed by atoms with Gasteiger partial charge in [0.1, 0.15) is 23.8 Å². The van der Waals surface area contributed by atoms with Gasteiger partial charge >= 0.3 is 6.09 Å². The number of rotatable bonds is 4. The van der Waals surface area contributed by atoms with Crippen LogP contribution in [0.25, 0.3) is 16.6 Å². The molecule has 0 saturated carbocycles. The predicted octanol–water partition coefficient (Wildman–Crippen LogP) is 6.55. The van der Waals surface area contributed by atoms with E-state index in [4.69, 9.17) is 21.1 Å². The van der Waals surface area contributed by atoms with Gasteiger partial charge in [0.05, 0.1) is 10.5 Å². The lowest BCUT2D eigenvalue weighted by Crippen LogP contribution is -2.50. The molecule has 40 heavy (non-hydrogen) atoms. The van der Waals surface area contributed by atoms with E-state index < -0.39 is 5.60 Å². The van der Waals surface area contributed by atoms with E-state index in [0.717, 1.165) is 46.5 Å². The number of amides is 1. The summed E-state index contributed by atoms with van der Waals surface area (Å²) in [6.07, 6.45) is 3.50. The Kier molecular flexibility index (Phi) is 6.92. The molecule has 0 aliphatic carbocycles. The standard InChI is InChI=1S/C31H32ClFN4O3/c1-31(2,3)40-30(38)36-18-23(19-36)27-12-20(6-8-34-27)16-35-10-11-39-29-22(17-35)14-25(15-26(29)32)37-9-7-21-13-24(33)4-5-28(21)37/h4-9,12-15,23H,10-11,16-19H2,1-3H3. The van der Waals surface area contributed by atoms with Crippen molar-refractivity contribution >= 4 is 28.6 Å². The van der Waals surface area contributed by atoms with Crippen LogP contribution in [0.3, 0.4) is 0 Å². The molecule has 1 saturated heterocycles. The van der Waals surface area contributed by atoms with Crippen molar-refractivity contribution in [3.8, 4) is 11.4 Å². The van der Waals surface area contributed by atoms with Gasteiger partial charge in [0, 0.05) is 73.4 Å². The first-order valence-corrected chi connectivity index (χ1v) is 13.9. The number of hydrogen-bond donors (Lipinski definition) is 0. The second-order valence-electron chi connectivity index (χ2n) is 11.5. The molecule has 208 valence electrons. The van der Waals surface area contributed by atoms with Crippen LogP contribution in [0.4, 0.5) is 9.18 Å². The first-order valence-electron chi connectivity index (χ1n) is 13.5. The summed E-state index contributed by atoms with van der Waals surface area (Å²) >= 11 is 6.71. The maximum Gasteiger partial charge on any atom is 0.410 e. The number of ether oxygens (including phenoxy) is 2. The van der Waals surface area contributed by atoms with Gasteiger partial charge in [-0.3, -0.25) is 9.88 Å². The second kappa shape index (κ2) is 10.4. The molecule has 7 nitrogen and oxygen atoms in total. The van der Waals surface area contributed by atoms with Crippen LogP contribution in [0.15, 0.2) is 60.9 Å².